The van der Waals surface area contributed by atoms with E-state index in [4.69, 9.17) is 10.5 Å². The predicted molar refractivity (Wildman–Crippen MR) is 78.9 cm³/mol. The van der Waals surface area contributed by atoms with Crippen LogP contribution in [0.25, 0.3) is 0 Å². The molecule has 0 saturated heterocycles. The Balaban J connectivity index is 2.25. The summed E-state index contributed by atoms with van der Waals surface area (Å²) in [6.45, 7) is 0.235. The average Bonchev–Trinajstić information content (AvgIpc) is 2.53. The van der Waals surface area contributed by atoms with E-state index < -0.39 is 0 Å². The normalized spacial score (nSPS) is 9.43. The minimum Gasteiger partial charge on any atom is -0.495 e. The minimum absolute atomic E-state index is 0.235. The number of aromatic nitrogens is 2. The average molecular weight is 282 g/mol. The summed E-state index contributed by atoms with van der Waals surface area (Å²) in [4.78, 5) is 20.0. The third kappa shape index (κ3) is 3.78. The maximum atomic E-state index is 12.1. The summed E-state index contributed by atoms with van der Waals surface area (Å²) in [6.07, 6.45) is 4.50. The Morgan fingerprint density at radius 1 is 1.43 bits per heavy atom. The topological polar surface area (TPSA) is 90.1 Å². The summed E-state index contributed by atoms with van der Waals surface area (Å²) in [6, 6.07) is 4.98. The van der Waals surface area contributed by atoms with Crippen molar-refractivity contribution >= 4 is 11.7 Å². The fourth-order valence-electron chi connectivity index (χ4n) is 1.65. The van der Waals surface area contributed by atoms with Gasteiger partial charge in [-0.15, -0.1) is 0 Å². The molecule has 0 saturated carbocycles. The number of rotatable bonds is 3. The smallest absolute Gasteiger partial charge is 0.256 e. The van der Waals surface area contributed by atoms with Gasteiger partial charge in [0.1, 0.15) is 5.75 Å². The maximum Gasteiger partial charge on any atom is 0.256 e. The summed E-state index contributed by atoms with van der Waals surface area (Å²) >= 11 is 0. The molecular formula is C15H14N4O2. The van der Waals surface area contributed by atoms with Gasteiger partial charge >= 0.3 is 0 Å². The van der Waals surface area contributed by atoms with Gasteiger partial charge in [-0.25, -0.2) is 4.98 Å². The Hall–Kier alpha value is -2.91. The zero-order chi connectivity index (χ0) is 15.1. The van der Waals surface area contributed by atoms with Crippen molar-refractivity contribution in [2.24, 2.45) is 5.73 Å². The molecule has 6 heteroatoms. The lowest BCUT2D eigenvalue weighted by molar-refractivity contribution is 0.102. The number of amides is 1. The molecule has 0 aliphatic heterocycles. The Kier molecular flexibility index (Phi) is 4.85. The van der Waals surface area contributed by atoms with Gasteiger partial charge in [-0.1, -0.05) is 11.8 Å². The van der Waals surface area contributed by atoms with Gasteiger partial charge in [-0.05, 0) is 18.2 Å². The first-order valence-electron chi connectivity index (χ1n) is 6.19. The number of carbonyl (C=O) groups is 1. The lowest BCUT2D eigenvalue weighted by atomic mass is 10.1. The molecule has 1 aromatic heterocycles. The summed E-state index contributed by atoms with van der Waals surface area (Å²) in [5, 5.41) is 2.65. The molecule has 0 fully saturated rings. The van der Waals surface area contributed by atoms with Crippen LogP contribution in [0.5, 0.6) is 5.75 Å². The van der Waals surface area contributed by atoms with Gasteiger partial charge in [-0.2, -0.15) is 0 Å². The van der Waals surface area contributed by atoms with Gasteiger partial charge < -0.3 is 15.8 Å². The van der Waals surface area contributed by atoms with Crippen LogP contribution in [-0.2, 0) is 0 Å². The molecule has 0 atom stereocenters. The largest absolute Gasteiger partial charge is 0.495 e. The number of nitrogens with zero attached hydrogens (tertiary/aromatic N) is 2. The molecule has 0 aliphatic rings. The van der Waals surface area contributed by atoms with Crippen LogP contribution in [0.4, 0.5) is 5.82 Å². The molecule has 0 unspecified atom stereocenters. The van der Waals surface area contributed by atoms with E-state index in [2.05, 4.69) is 27.1 Å². The van der Waals surface area contributed by atoms with E-state index in [1.54, 1.807) is 25.3 Å². The van der Waals surface area contributed by atoms with E-state index in [-0.39, 0.29) is 12.5 Å². The second-order valence-electron chi connectivity index (χ2n) is 3.97. The fraction of sp³-hybridized carbons (Fsp3) is 0.133. The highest BCUT2D eigenvalue weighted by molar-refractivity contribution is 6.04. The van der Waals surface area contributed by atoms with Crippen molar-refractivity contribution in [2.75, 3.05) is 19.0 Å². The Morgan fingerprint density at radius 3 is 2.95 bits per heavy atom. The molecular weight excluding hydrogens is 268 g/mol. The molecule has 21 heavy (non-hydrogen) atoms. The fourth-order valence-corrected chi connectivity index (χ4v) is 1.65. The summed E-state index contributed by atoms with van der Waals surface area (Å²) in [7, 11) is 1.54. The van der Waals surface area contributed by atoms with Crippen molar-refractivity contribution in [2.45, 2.75) is 0 Å². The molecule has 6 nitrogen and oxygen atoms in total. The van der Waals surface area contributed by atoms with Gasteiger partial charge in [0, 0.05) is 18.0 Å². The van der Waals surface area contributed by atoms with Gasteiger partial charge in [0.25, 0.3) is 5.91 Å². The summed E-state index contributed by atoms with van der Waals surface area (Å²) in [5.74, 6) is 6.29. The number of nitrogens with one attached hydrogen (secondary N) is 1. The highest BCUT2D eigenvalue weighted by Crippen LogP contribution is 2.19. The minimum atomic E-state index is -0.297. The maximum absolute atomic E-state index is 12.1. The van der Waals surface area contributed by atoms with Crippen LogP contribution in [0, 0.1) is 11.8 Å². The number of ether oxygens (including phenoxy) is 1. The van der Waals surface area contributed by atoms with E-state index in [1.165, 1.54) is 18.6 Å². The van der Waals surface area contributed by atoms with Crippen molar-refractivity contribution < 1.29 is 9.53 Å². The molecule has 2 rings (SSSR count). The molecule has 1 aromatic carbocycles. The van der Waals surface area contributed by atoms with E-state index in [0.29, 0.717) is 22.7 Å². The quantitative estimate of drug-likeness (QED) is 0.821. The molecule has 1 heterocycles. The molecule has 0 aliphatic carbocycles. The van der Waals surface area contributed by atoms with Crippen molar-refractivity contribution in [3.05, 3.63) is 47.9 Å². The predicted octanol–water partition coefficient (Wildman–Crippen LogP) is 1.05. The number of hydrogen-bond acceptors (Lipinski definition) is 5. The van der Waals surface area contributed by atoms with Gasteiger partial charge in [0.05, 0.1) is 25.4 Å². The van der Waals surface area contributed by atoms with Crippen LogP contribution < -0.4 is 15.8 Å². The molecule has 1 amide bonds. The lowest BCUT2D eigenvalue weighted by Crippen LogP contribution is -2.13. The molecule has 0 bridgehead atoms. The van der Waals surface area contributed by atoms with Gasteiger partial charge in [-0.3, -0.25) is 9.78 Å². The van der Waals surface area contributed by atoms with E-state index >= 15 is 0 Å². The van der Waals surface area contributed by atoms with Crippen molar-refractivity contribution in [3.8, 4) is 17.6 Å². The number of methoxy groups -OCH3 is 1. The SMILES string of the molecule is COc1ccc(C(=O)Nc2cnccn2)cc1C#CCN. The highest BCUT2D eigenvalue weighted by atomic mass is 16.5. The number of nitrogens with two attached hydrogens (primary N) is 1. The van der Waals surface area contributed by atoms with Gasteiger partial charge in [0.15, 0.2) is 5.82 Å². The molecule has 3 N–H and O–H groups in total. The molecule has 0 radical (unpaired) electrons. The summed E-state index contributed by atoms with van der Waals surface area (Å²) in [5.41, 5.74) is 6.41. The molecule has 2 aromatic rings. The summed E-state index contributed by atoms with van der Waals surface area (Å²) < 4.78 is 5.20. The number of benzene rings is 1. The van der Waals surface area contributed by atoms with Crippen LogP contribution >= 0.6 is 0 Å². The van der Waals surface area contributed by atoms with Crippen molar-refractivity contribution in [3.63, 3.8) is 0 Å². The Labute approximate surface area is 122 Å². The van der Waals surface area contributed by atoms with Crippen molar-refractivity contribution in [1.82, 2.24) is 9.97 Å². The highest BCUT2D eigenvalue weighted by Gasteiger charge is 2.10. The second-order valence-corrected chi connectivity index (χ2v) is 3.97. The lowest BCUT2D eigenvalue weighted by Gasteiger charge is -2.07. The monoisotopic (exact) mass is 282 g/mol. The van der Waals surface area contributed by atoms with Crippen LogP contribution in [0.1, 0.15) is 15.9 Å². The van der Waals surface area contributed by atoms with Gasteiger partial charge in [0.2, 0.25) is 0 Å². The second kappa shape index (κ2) is 7.03. The molecule has 0 spiro atoms. The first kappa shape index (κ1) is 14.5. The number of hydrogen-bond donors (Lipinski definition) is 2. The number of anilines is 1. The van der Waals surface area contributed by atoms with Crippen LogP contribution in [0.15, 0.2) is 36.8 Å². The van der Waals surface area contributed by atoms with Crippen LogP contribution in [-0.4, -0.2) is 29.5 Å². The Morgan fingerprint density at radius 2 is 2.29 bits per heavy atom. The van der Waals surface area contributed by atoms with E-state index in [0.717, 1.165) is 0 Å². The third-order valence-electron chi connectivity index (χ3n) is 2.59. The zero-order valence-corrected chi connectivity index (χ0v) is 11.5. The zero-order valence-electron chi connectivity index (χ0n) is 11.5. The Bertz CT molecular complexity index is 690. The van der Waals surface area contributed by atoms with E-state index in [1.807, 2.05) is 0 Å². The molecule has 106 valence electrons. The van der Waals surface area contributed by atoms with Crippen molar-refractivity contribution in [1.29, 1.82) is 0 Å². The number of carbonyl (C=O) groups excluding carboxylic acids is 1. The third-order valence-corrected chi connectivity index (χ3v) is 2.59. The first-order valence-corrected chi connectivity index (χ1v) is 6.19. The first-order chi connectivity index (χ1) is 10.2. The van der Waals surface area contributed by atoms with Crippen LogP contribution in [0.3, 0.4) is 0 Å². The van der Waals surface area contributed by atoms with Crippen LogP contribution in [0.2, 0.25) is 0 Å². The standard InChI is InChI=1S/C15H14N4O2/c1-21-13-5-4-12(9-11(13)3-2-6-16)15(20)19-14-10-17-7-8-18-14/h4-5,7-10H,6,16H2,1H3,(H,18,19,20). The van der Waals surface area contributed by atoms with E-state index in [9.17, 15) is 4.79 Å².